The molecule has 3 aromatic rings. The van der Waals surface area contributed by atoms with Crippen LogP contribution < -0.4 is 42.5 Å². The van der Waals surface area contributed by atoms with Crippen LogP contribution in [0.25, 0.3) is 0 Å². The normalized spacial score (nSPS) is 24.6. The molecule has 10 atom stereocenters. The maximum absolute atomic E-state index is 14.9. The van der Waals surface area contributed by atoms with Crippen LogP contribution in [0.1, 0.15) is 172 Å². The Kier molecular flexibility index (Phi) is 19.3. The molecular formula is C60H82N12O8. The first-order valence-electron chi connectivity index (χ1n) is 29.5. The molecule has 2 saturated heterocycles. The predicted octanol–water partition coefficient (Wildman–Crippen LogP) is 3.61. The van der Waals surface area contributed by atoms with E-state index >= 15 is 0 Å². The summed E-state index contributed by atoms with van der Waals surface area (Å²) in [6.45, 7) is 3.47. The SMILES string of the molecule is CN[C@@H](C)C(=O)N[C@H](C(=O)N1C[C@@H](NC(=O)c2cnc(C(=O)N[C@H]3C[C@@H](C(=O)NC4CCCc5ccccc54)N(C(=O)[C@@H](NC(=O)[C@H](C)NC)C4CCCCC4)C3)cn2)C[C@H]1C(=O)NC1CCCc2ccccc21)C1CCCCC1. The first-order chi connectivity index (χ1) is 38.7. The molecule has 8 N–H and O–H groups in total. The number of fused-ring (bicyclic) bond motifs is 2. The van der Waals surface area contributed by atoms with Crippen LogP contribution in [0.15, 0.2) is 60.9 Å². The van der Waals surface area contributed by atoms with Gasteiger partial charge >= 0.3 is 0 Å². The number of carbonyl (C=O) groups excluding carboxylic acids is 8. The zero-order valence-electron chi connectivity index (χ0n) is 46.9. The van der Waals surface area contributed by atoms with Crippen LogP contribution in [0.3, 0.4) is 0 Å². The van der Waals surface area contributed by atoms with Crippen molar-refractivity contribution in [1.82, 2.24) is 62.3 Å². The minimum atomic E-state index is -0.945. The molecule has 1 aromatic heterocycles. The van der Waals surface area contributed by atoms with Crippen LogP contribution in [0.4, 0.5) is 0 Å². The maximum Gasteiger partial charge on any atom is 0.271 e. The standard InChI is InChI=1S/C60H82N12O8/c1-35(61-3)53(73)69-51(39-19-7-5-8-20-39)59(79)71-33-41(29-49(71)57(77)67-45-27-15-23-37-17-11-13-25-43(37)45)65-55(75)47-31-64-48(32-63-47)56(76)66-42-30-50(58(78)68-46-28-16-24-38-18-12-14-26-44(38)46)72(34-42)60(80)52(40-21-9-6-10-22-40)70-54(74)36(2)62-4/h11-14,17-18,25-26,31-32,35-36,39-42,45-46,49-52,61-62H,5-10,15-16,19-24,27-30,33-34H2,1-4H3,(H,65,75)(H,66,76)(H,67,77)(H,68,78)(H,69,73)(H,70,74)/t35-,36-,41-,42-,45?,46?,49-,50-,51-,52-/m0/s1. The van der Waals surface area contributed by atoms with Gasteiger partial charge in [-0.2, -0.15) is 0 Å². The molecule has 9 rings (SSSR count). The van der Waals surface area contributed by atoms with Gasteiger partial charge in [0.1, 0.15) is 35.6 Å². The zero-order chi connectivity index (χ0) is 56.5. The van der Waals surface area contributed by atoms with Crippen LogP contribution in [-0.2, 0) is 41.6 Å². The third-order valence-electron chi connectivity index (χ3n) is 18.0. The summed E-state index contributed by atoms with van der Waals surface area (Å²) < 4.78 is 0. The van der Waals surface area contributed by atoms with Crippen molar-refractivity contribution in [1.29, 1.82) is 0 Å². The molecule has 4 aliphatic carbocycles. The van der Waals surface area contributed by atoms with Crippen molar-refractivity contribution >= 4 is 47.3 Å². The quantitative estimate of drug-likeness (QED) is 0.0909. The van der Waals surface area contributed by atoms with Crippen molar-refractivity contribution in [3.63, 3.8) is 0 Å². The number of amides is 8. The summed E-state index contributed by atoms with van der Waals surface area (Å²) in [6.07, 6.45) is 16.5. The summed E-state index contributed by atoms with van der Waals surface area (Å²) in [7, 11) is 3.36. The first-order valence-corrected chi connectivity index (χ1v) is 29.5. The number of hydrogen-bond acceptors (Lipinski definition) is 12. The van der Waals surface area contributed by atoms with Gasteiger partial charge in [0.2, 0.25) is 35.4 Å². The van der Waals surface area contributed by atoms with E-state index in [-0.39, 0.29) is 96.7 Å². The van der Waals surface area contributed by atoms with Crippen LogP contribution in [0.5, 0.6) is 0 Å². The summed E-state index contributed by atoms with van der Waals surface area (Å²) in [6, 6.07) is 9.51. The lowest BCUT2D eigenvalue weighted by atomic mass is 9.83. The average molecular weight is 1100 g/mol. The van der Waals surface area contributed by atoms with Crippen LogP contribution in [0.2, 0.25) is 0 Å². The second-order valence-electron chi connectivity index (χ2n) is 23.2. The highest BCUT2D eigenvalue weighted by Crippen LogP contribution is 2.35. The van der Waals surface area contributed by atoms with Gasteiger partial charge in [0, 0.05) is 25.2 Å². The topological polar surface area (TPSA) is 265 Å². The number of aromatic nitrogens is 2. The molecule has 3 heterocycles. The van der Waals surface area contributed by atoms with Gasteiger partial charge in [-0.1, -0.05) is 87.1 Å². The third-order valence-corrected chi connectivity index (χ3v) is 18.0. The van der Waals surface area contributed by atoms with Gasteiger partial charge in [-0.05, 0) is 139 Å². The summed E-state index contributed by atoms with van der Waals surface area (Å²) in [5, 5.41) is 24.4. The van der Waals surface area contributed by atoms with Crippen molar-refractivity contribution in [2.45, 2.75) is 190 Å². The van der Waals surface area contributed by atoms with E-state index in [0.29, 0.717) is 0 Å². The van der Waals surface area contributed by atoms with E-state index < -0.39 is 60.1 Å². The summed E-state index contributed by atoms with van der Waals surface area (Å²) in [5.74, 6) is -3.51. The molecule has 2 unspecified atom stereocenters. The maximum atomic E-state index is 14.9. The number of nitrogens with zero attached hydrogens (tertiary/aromatic N) is 4. The number of benzene rings is 2. The molecule has 0 radical (unpaired) electrons. The van der Waals surface area contributed by atoms with Gasteiger partial charge < -0.3 is 52.3 Å². The van der Waals surface area contributed by atoms with Gasteiger partial charge in [-0.3, -0.25) is 38.4 Å². The lowest BCUT2D eigenvalue weighted by molar-refractivity contribution is -0.143. The van der Waals surface area contributed by atoms with E-state index in [4.69, 9.17) is 0 Å². The highest BCUT2D eigenvalue weighted by molar-refractivity contribution is 5.97. The molecule has 20 nitrogen and oxygen atoms in total. The van der Waals surface area contributed by atoms with E-state index in [1.165, 1.54) is 33.3 Å². The largest absolute Gasteiger partial charge is 0.347 e. The Morgan fingerprint density at radius 3 is 1.26 bits per heavy atom. The summed E-state index contributed by atoms with van der Waals surface area (Å²) in [5.41, 5.74) is 4.25. The van der Waals surface area contributed by atoms with Gasteiger partial charge in [-0.25, -0.2) is 9.97 Å². The second-order valence-corrected chi connectivity index (χ2v) is 23.2. The number of nitrogens with one attached hydrogen (secondary N) is 8. The Morgan fingerprint density at radius 2 is 0.887 bits per heavy atom. The monoisotopic (exact) mass is 1100 g/mol. The third kappa shape index (κ3) is 13.5. The molecule has 2 saturated carbocycles. The average Bonchev–Trinajstić information content (AvgIpc) is 4.12. The Hall–Kier alpha value is -6.80. The molecule has 20 heteroatoms. The highest BCUT2D eigenvalue weighted by atomic mass is 16.2. The fourth-order valence-electron chi connectivity index (χ4n) is 13.2. The van der Waals surface area contributed by atoms with Gasteiger partial charge in [0.15, 0.2) is 0 Å². The second kappa shape index (κ2) is 26.6. The van der Waals surface area contributed by atoms with E-state index in [1.54, 1.807) is 27.9 Å². The van der Waals surface area contributed by atoms with Gasteiger partial charge in [0.05, 0.1) is 36.6 Å². The Labute approximate surface area is 469 Å². The lowest BCUT2D eigenvalue weighted by Crippen LogP contribution is -2.58. The van der Waals surface area contributed by atoms with Crippen LogP contribution in [-0.4, -0.2) is 143 Å². The Bertz CT molecular complexity index is 2550. The minimum absolute atomic E-state index is 0.00915. The molecule has 2 aromatic carbocycles. The first kappa shape index (κ1) is 57.9. The lowest BCUT2D eigenvalue weighted by Gasteiger charge is -2.35. The number of hydrogen-bond donors (Lipinski definition) is 8. The number of aryl methyl sites for hydroxylation is 2. The van der Waals surface area contributed by atoms with E-state index in [2.05, 4.69) is 64.6 Å². The molecular weight excluding hydrogens is 1020 g/mol. The highest BCUT2D eigenvalue weighted by Gasteiger charge is 2.47. The molecule has 0 bridgehead atoms. The molecule has 0 spiro atoms. The molecule has 6 aliphatic rings. The van der Waals surface area contributed by atoms with Crippen molar-refractivity contribution < 1.29 is 38.4 Å². The summed E-state index contributed by atoms with van der Waals surface area (Å²) in [4.78, 5) is 125. The minimum Gasteiger partial charge on any atom is -0.347 e. The molecule has 2 aliphatic heterocycles. The van der Waals surface area contributed by atoms with Crippen molar-refractivity contribution in [2.24, 2.45) is 11.8 Å². The Morgan fingerprint density at radius 1 is 0.500 bits per heavy atom. The molecule has 430 valence electrons. The van der Waals surface area contributed by atoms with Crippen molar-refractivity contribution in [3.8, 4) is 0 Å². The fourth-order valence-corrected chi connectivity index (χ4v) is 13.2. The number of likely N-dealkylation sites (tertiary alicyclic amines) is 2. The molecule has 80 heavy (non-hydrogen) atoms. The number of carbonyl (C=O) groups is 8. The smallest absolute Gasteiger partial charge is 0.271 e. The van der Waals surface area contributed by atoms with Crippen molar-refractivity contribution in [3.05, 3.63) is 94.6 Å². The fraction of sp³-hybridized carbons (Fsp3) is 0.600. The van der Waals surface area contributed by atoms with E-state index in [9.17, 15) is 38.4 Å². The van der Waals surface area contributed by atoms with E-state index in [0.717, 1.165) is 114 Å². The van der Waals surface area contributed by atoms with E-state index in [1.807, 2.05) is 36.4 Å². The number of likely N-dealkylation sites (N-methyl/N-ethyl adjacent to an activating group) is 2. The molecule has 4 fully saturated rings. The summed E-state index contributed by atoms with van der Waals surface area (Å²) >= 11 is 0. The predicted molar refractivity (Wildman–Crippen MR) is 299 cm³/mol. The van der Waals surface area contributed by atoms with Crippen LogP contribution >= 0.6 is 0 Å². The number of rotatable bonds is 18. The van der Waals surface area contributed by atoms with Gasteiger partial charge in [0.25, 0.3) is 11.8 Å². The van der Waals surface area contributed by atoms with Crippen LogP contribution in [0, 0.1) is 11.8 Å². The zero-order valence-corrected chi connectivity index (χ0v) is 46.9. The van der Waals surface area contributed by atoms with Gasteiger partial charge in [-0.15, -0.1) is 0 Å². The Balaban J connectivity index is 0.896. The van der Waals surface area contributed by atoms with Crippen molar-refractivity contribution in [2.75, 3.05) is 27.2 Å². The molecule has 8 amide bonds.